The fraction of sp³-hybridized carbons (Fsp3) is 0.333. The lowest BCUT2D eigenvalue weighted by Gasteiger charge is -2.08. The quantitative estimate of drug-likeness (QED) is 0.884. The van der Waals surface area contributed by atoms with Gasteiger partial charge in [0.1, 0.15) is 6.54 Å². The molecule has 0 saturated heterocycles. The van der Waals surface area contributed by atoms with Crippen molar-refractivity contribution in [1.29, 1.82) is 0 Å². The van der Waals surface area contributed by atoms with Gasteiger partial charge >= 0.3 is 5.97 Å². The van der Waals surface area contributed by atoms with E-state index in [2.05, 4.69) is 15.1 Å². The van der Waals surface area contributed by atoms with Gasteiger partial charge in [-0.25, -0.2) is 23.5 Å². The van der Waals surface area contributed by atoms with Crippen LogP contribution in [0.15, 0.2) is 18.5 Å². The molecule has 0 unspecified atom stereocenters. The Morgan fingerprint density at radius 3 is 2.74 bits per heavy atom. The number of carboxylic acid groups (broad SMARTS) is 1. The molecule has 0 amide bonds. The van der Waals surface area contributed by atoms with Crippen LogP contribution in [0.2, 0.25) is 0 Å². The Balaban J connectivity index is 2.21. The van der Waals surface area contributed by atoms with Gasteiger partial charge in [0.05, 0.1) is 17.0 Å². The van der Waals surface area contributed by atoms with E-state index >= 15 is 0 Å². The minimum absolute atomic E-state index is 0.0679. The summed E-state index contributed by atoms with van der Waals surface area (Å²) >= 11 is 0. The summed E-state index contributed by atoms with van der Waals surface area (Å²) in [5.74, 6) is -0.807. The van der Waals surface area contributed by atoms with Gasteiger partial charge in [0, 0.05) is 12.4 Å². The monoisotopic (exact) mass is 322 g/mol. The molecule has 1 N–H and O–H groups in total. The van der Waals surface area contributed by atoms with Crippen LogP contribution >= 0.6 is 0 Å². The maximum Gasteiger partial charge on any atom is 0.339 e. The van der Waals surface area contributed by atoms with Crippen LogP contribution in [0.4, 0.5) is 8.78 Å². The highest BCUT2D eigenvalue weighted by molar-refractivity contribution is 5.88. The molecule has 2 rings (SSSR count). The molecule has 8 heteroatoms. The van der Waals surface area contributed by atoms with Crippen molar-refractivity contribution in [2.24, 2.45) is 0 Å². The second-order valence-corrected chi connectivity index (χ2v) is 5.17. The molecule has 0 fully saturated rings. The molecular formula is C15H16F2N4O2. The maximum atomic E-state index is 12.3. The van der Waals surface area contributed by atoms with Crippen molar-refractivity contribution in [2.45, 2.75) is 32.7 Å². The smallest absolute Gasteiger partial charge is 0.339 e. The highest BCUT2D eigenvalue weighted by Crippen LogP contribution is 2.17. The lowest BCUT2D eigenvalue weighted by atomic mass is 10.1. The predicted molar refractivity (Wildman–Crippen MR) is 80.2 cm³/mol. The van der Waals surface area contributed by atoms with E-state index in [-0.39, 0.29) is 11.5 Å². The van der Waals surface area contributed by atoms with Crippen LogP contribution in [0.1, 0.15) is 47.3 Å². The molecule has 0 spiro atoms. The molecular weight excluding hydrogens is 306 g/mol. The van der Waals surface area contributed by atoms with E-state index in [9.17, 15) is 13.6 Å². The average Bonchev–Trinajstić information content (AvgIpc) is 2.91. The fourth-order valence-electron chi connectivity index (χ4n) is 1.96. The standard InChI is InChI=1S/C15H16F2N4O2/c1-9(2)14-11(15(22)23)7-18-13(19-14)4-3-10-5-6-21(20-10)8-12(16)17/h3-7,9,12H,8H2,1-2H3,(H,22,23)/b4-3+. The van der Waals surface area contributed by atoms with Crippen LogP contribution < -0.4 is 0 Å². The van der Waals surface area contributed by atoms with Crippen LogP contribution in [0, 0.1) is 0 Å². The third-order valence-electron chi connectivity index (χ3n) is 3.00. The van der Waals surface area contributed by atoms with Crippen molar-refractivity contribution < 1.29 is 18.7 Å². The average molecular weight is 322 g/mol. The maximum absolute atomic E-state index is 12.3. The molecule has 2 aromatic rings. The number of carbonyl (C=O) groups is 1. The number of alkyl halides is 2. The summed E-state index contributed by atoms with van der Waals surface area (Å²) in [6.45, 7) is 3.22. The number of hydrogen-bond donors (Lipinski definition) is 1. The number of hydrogen-bond acceptors (Lipinski definition) is 4. The van der Waals surface area contributed by atoms with Gasteiger partial charge in [-0.05, 0) is 24.1 Å². The Hall–Kier alpha value is -2.64. The lowest BCUT2D eigenvalue weighted by Crippen LogP contribution is -2.08. The van der Waals surface area contributed by atoms with Gasteiger partial charge < -0.3 is 5.11 Å². The number of nitrogens with zero attached hydrogens (tertiary/aromatic N) is 4. The molecule has 0 saturated carbocycles. The predicted octanol–water partition coefficient (Wildman–Crippen LogP) is 2.93. The fourth-order valence-corrected chi connectivity index (χ4v) is 1.96. The second kappa shape index (κ2) is 7.08. The zero-order valence-electron chi connectivity index (χ0n) is 12.6. The third kappa shape index (κ3) is 4.41. The number of aromatic carboxylic acids is 1. The first kappa shape index (κ1) is 16.7. The first-order valence-corrected chi connectivity index (χ1v) is 6.96. The SMILES string of the molecule is CC(C)c1nc(/C=C/c2ccn(CC(F)F)n2)ncc1C(=O)O. The molecule has 2 heterocycles. The highest BCUT2D eigenvalue weighted by Gasteiger charge is 2.15. The van der Waals surface area contributed by atoms with Crippen molar-refractivity contribution in [1.82, 2.24) is 19.7 Å². The summed E-state index contributed by atoms with van der Waals surface area (Å²) in [4.78, 5) is 19.3. The van der Waals surface area contributed by atoms with Gasteiger partial charge in [-0.2, -0.15) is 5.10 Å². The van der Waals surface area contributed by atoms with E-state index in [0.717, 1.165) is 4.68 Å². The van der Waals surface area contributed by atoms with Crippen LogP contribution in [0.3, 0.4) is 0 Å². The lowest BCUT2D eigenvalue weighted by molar-refractivity contribution is 0.0694. The Morgan fingerprint density at radius 2 is 2.13 bits per heavy atom. The van der Waals surface area contributed by atoms with Crippen LogP contribution in [-0.2, 0) is 6.54 Å². The second-order valence-electron chi connectivity index (χ2n) is 5.17. The molecule has 0 bridgehead atoms. The summed E-state index contributed by atoms with van der Waals surface area (Å²) in [7, 11) is 0. The Labute approximate surface area is 131 Å². The molecule has 0 aliphatic heterocycles. The van der Waals surface area contributed by atoms with Crippen LogP contribution in [-0.4, -0.2) is 37.2 Å². The van der Waals surface area contributed by atoms with E-state index in [4.69, 9.17) is 5.11 Å². The van der Waals surface area contributed by atoms with Crippen LogP contribution in [0.25, 0.3) is 12.2 Å². The van der Waals surface area contributed by atoms with Gasteiger partial charge in [0.15, 0.2) is 5.82 Å². The van der Waals surface area contributed by atoms with Crippen molar-refractivity contribution in [3.05, 3.63) is 41.2 Å². The van der Waals surface area contributed by atoms with E-state index < -0.39 is 18.9 Å². The first-order valence-electron chi connectivity index (χ1n) is 6.96. The van der Waals surface area contributed by atoms with Crippen molar-refractivity contribution in [2.75, 3.05) is 0 Å². The van der Waals surface area contributed by atoms with Crippen LogP contribution in [0.5, 0.6) is 0 Å². The van der Waals surface area contributed by atoms with Crippen molar-refractivity contribution in [3.63, 3.8) is 0 Å². The number of carboxylic acids is 1. The van der Waals surface area contributed by atoms with Gasteiger partial charge in [-0.15, -0.1) is 0 Å². The van der Waals surface area contributed by atoms with E-state index in [1.807, 2.05) is 13.8 Å². The minimum Gasteiger partial charge on any atom is -0.478 e. The van der Waals surface area contributed by atoms with Crippen molar-refractivity contribution >= 4 is 18.1 Å². The zero-order valence-corrected chi connectivity index (χ0v) is 12.6. The number of rotatable bonds is 6. The summed E-state index contributed by atoms with van der Waals surface area (Å²) in [6.07, 6.45) is 3.40. The van der Waals surface area contributed by atoms with Gasteiger partial charge in [-0.3, -0.25) is 4.68 Å². The summed E-state index contributed by atoms with van der Waals surface area (Å²) in [5.41, 5.74) is 0.997. The Kier molecular flexibility index (Phi) is 5.15. The minimum atomic E-state index is -2.47. The number of aromatic nitrogens is 4. The molecule has 0 radical (unpaired) electrons. The summed E-state index contributed by atoms with van der Waals surface area (Å²) in [6, 6.07) is 1.59. The van der Waals surface area contributed by atoms with E-state index in [1.165, 1.54) is 12.4 Å². The van der Waals surface area contributed by atoms with E-state index in [0.29, 0.717) is 17.2 Å². The largest absolute Gasteiger partial charge is 0.478 e. The topological polar surface area (TPSA) is 80.9 Å². The third-order valence-corrected chi connectivity index (χ3v) is 3.00. The molecule has 0 aromatic carbocycles. The zero-order chi connectivity index (χ0) is 17.0. The highest BCUT2D eigenvalue weighted by atomic mass is 19.3. The first-order chi connectivity index (χ1) is 10.9. The molecule has 0 aliphatic carbocycles. The molecule has 6 nitrogen and oxygen atoms in total. The molecule has 2 aromatic heterocycles. The van der Waals surface area contributed by atoms with Gasteiger partial charge in [-0.1, -0.05) is 13.8 Å². The van der Waals surface area contributed by atoms with Gasteiger partial charge in [0.2, 0.25) is 0 Å². The Morgan fingerprint density at radius 1 is 1.39 bits per heavy atom. The summed E-state index contributed by atoms with van der Waals surface area (Å²) < 4.78 is 25.7. The molecule has 122 valence electrons. The number of halogens is 2. The molecule has 0 aliphatic rings. The van der Waals surface area contributed by atoms with E-state index in [1.54, 1.807) is 18.2 Å². The summed E-state index contributed by atoms with van der Waals surface area (Å²) in [5, 5.41) is 13.1. The molecule has 23 heavy (non-hydrogen) atoms. The van der Waals surface area contributed by atoms with Gasteiger partial charge in [0.25, 0.3) is 6.43 Å². The molecule has 0 atom stereocenters. The Bertz CT molecular complexity index is 726. The normalized spacial score (nSPS) is 11.7. The van der Waals surface area contributed by atoms with Crippen molar-refractivity contribution in [3.8, 4) is 0 Å².